The molecule has 2 aromatic carbocycles. The predicted molar refractivity (Wildman–Crippen MR) is 118 cm³/mol. The van der Waals surface area contributed by atoms with E-state index in [1.54, 1.807) is 30.3 Å². The fourth-order valence-corrected chi connectivity index (χ4v) is 2.84. The fourth-order valence-electron chi connectivity index (χ4n) is 2.64. The van der Waals surface area contributed by atoms with Gasteiger partial charge >= 0.3 is 0 Å². The molecule has 0 saturated carbocycles. The quantitative estimate of drug-likeness (QED) is 0.299. The van der Waals surface area contributed by atoms with Crippen LogP contribution in [0.3, 0.4) is 0 Å². The Morgan fingerprint density at radius 1 is 1.13 bits per heavy atom. The summed E-state index contributed by atoms with van der Waals surface area (Å²) in [5.41, 5.74) is 1.39. The molecule has 0 aliphatic rings. The van der Waals surface area contributed by atoms with Gasteiger partial charge in [-0.25, -0.2) is 0 Å². The highest BCUT2D eigenvalue weighted by atomic mass is 35.5. The topological polar surface area (TPSA) is 106 Å². The number of ether oxygens (including phenoxy) is 1. The second kappa shape index (κ2) is 10.8. The number of carbonyl (C=O) groups is 1. The third-order valence-electron chi connectivity index (χ3n) is 3.92. The average molecular weight is 435 g/mol. The Morgan fingerprint density at radius 3 is 2.47 bits per heavy atom. The van der Waals surface area contributed by atoms with E-state index in [1.807, 2.05) is 20.8 Å². The molecule has 2 aromatic rings. The second-order valence-corrected chi connectivity index (χ2v) is 8.18. The summed E-state index contributed by atoms with van der Waals surface area (Å²) in [5.74, 6) is 0.406. The van der Waals surface area contributed by atoms with Crippen molar-refractivity contribution < 1.29 is 14.5 Å². The number of hydrogen-bond acceptors (Lipinski definition) is 6. The van der Waals surface area contributed by atoms with E-state index >= 15 is 0 Å². The number of halogens is 1. The van der Waals surface area contributed by atoms with Crippen LogP contribution in [0.2, 0.25) is 5.02 Å². The number of nitro benzene ring substituents is 1. The Morgan fingerprint density at radius 2 is 1.83 bits per heavy atom. The standard InChI is InChI=1S/C21H27ClN4O4/c1-21(2,3)25-20(27)14-30-19-9-4-16(22)12-15(19)13-23-10-11-24-17-5-7-18(8-6-17)26(28)29/h4-9,12,23-24H,10-11,13-14H2,1-3H3,(H,25,27). The number of amides is 1. The molecule has 0 fully saturated rings. The molecule has 0 aliphatic heterocycles. The molecule has 0 radical (unpaired) electrons. The number of benzene rings is 2. The molecule has 0 aromatic heterocycles. The van der Waals surface area contributed by atoms with Gasteiger partial charge in [0.2, 0.25) is 0 Å². The van der Waals surface area contributed by atoms with Crippen LogP contribution < -0.4 is 20.7 Å². The van der Waals surface area contributed by atoms with Crippen molar-refractivity contribution in [1.82, 2.24) is 10.6 Å². The van der Waals surface area contributed by atoms with Crippen LogP contribution in [0.4, 0.5) is 11.4 Å². The van der Waals surface area contributed by atoms with Gasteiger partial charge in [0.05, 0.1) is 4.92 Å². The van der Waals surface area contributed by atoms with Crippen molar-refractivity contribution in [2.75, 3.05) is 25.0 Å². The van der Waals surface area contributed by atoms with Crippen LogP contribution in [0.25, 0.3) is 0 Å². The van der Waals surface area contributed by atoms with Crippen molar-refractivity contribution in [2.24, 2.45) is 0 Å². The number of hydrogen-bond donors (Lipinski definition) is 3. The zero-order valence-corrected chi connectivity index (χ0v) is 18.1. The predicted octanol–water partition coefficient (Wildman–Crippen LogP) is 3.74. The Kier molecular flexibility index (Phi) is 8.44. The minimum Gasteiger partial charge on any atom is -0.483 e. The van der Waals surface area contributed by atoms with Crippen LogP contribution in [-0.4, -0.2) is 36.1 Å². The van der Waals surface area contributed by atoms with Crippen molar-refractivity contribution in [3.8, 4) is 5.75 Å². The van der Waals surface area contributed by atoms with E-state index in [0.717, 1.165) is 11.3 Å². The van der Waals surface area contributed by atoms with Gasteiger partial charge in [-0.3, -0.25) is 14.9 Å². The molecule has 0 saturated heterocycles. The number of rotatable bonds is 10. The van der Waals surface area contributed by atoms with Gasteiger partial charge in [0.1, 0.15) is 5.75 Å². The fraction of sp³-hybridized carbons (Fsp3) is 0.381. The summed E-state index contributed by atoms with van der Waals surface area (Å²) in [6.07, 6.45) is 0. The van der Waals surface area contributed by atoms with Gasteiger partial charge in [-0.1, -0.05) is 11.6 Å². The van der Waals surface area contributed by atoms with E-state index in [0.29, 0.717) is 30.4 Å². The maximum Gasteiger partial charge on any atom is 0.269 e. The van der Waals surface area contributed by atoms with Crippen molar-refractivity contribution in [3.63, 3.8) is 0 Å². The van der Waals surface area contributed by atoms with Crippen LogP contribution in [0, 0.1) is 10.1 Å². The van der Waals surface area contributed by atoms with Crippen molar-refractivity contribution in [3.05, 3.63) is 63.2 Å². The van der Waals surface area contributed by atoms with Crippen molar-refractivity contribution in [2.45, 2.75) is 32.9 Å². The molecule has 8 nitrogen and oxygen atoms in total. The molecule has 0 unspecified atom stereocenters. The lowest BCUT2D eigenvalue weighted by Crippen LogP contribution is -2.43. The van der Waals surface area contributed by atoms with Gasteiger partial charge in [-0.05, 0) is 51.1 Å². The molecule has 0 atom stereocenters. The molecule has 0 bridgehead atoms. The molecule has 2 rings (SSSR count). The van der Waals surface area contributed by atoms with Crippen molar-refractivity contribution >= 4 is 28.9 Å². The summed E-state index contributed by atoms with van der Waals surface area (Å²) in [6, 6.07) is 11.5. The Hall–Kier alpha value is -2.84. The van der Waals surface area contributed by atoms with Crippen LogP contribution in [-0.2, 0) is 11.3 Å². The summed E-state index contributed by atoms with van der Waals surface area (Å²) in [5, 5.41) is 20.6. The third kappa shape index (κ3) is 8.26. The van der Waals surface area contributed by atoms with Crippen LogP contribution >= 0.6 is 11.6 Å². The molecular weight excluding hydrogens is 408 g/mol. The van der Waals surface area contributed by atoms with E-state index < -0.39 is 4.92 Å². The summed E-state index contributed by atoms with van der Waals surface area (Å²) in [4.78, 5) is 22.2. The summed E-state index contributed by atoms with van der Waals surface area (Å²) in [6.45, 7) is 7.44. The normalized spacial score (nSPS) is 11.1. The zero-order valence-electron chi connectivity index (χ0n) is 17.3. The van der Waals surface area contributed by atoms with E-state index in [2.05, 4.69) is 16.0 Å². The number of nitrogens with one attached hydrogen (secondary N) is 3. The smallest absolute Gasteiger partial charge is 0.269 e. The van der Waals surface area contributed by atoms with Crippen LogP contribution in [0.1, 0.15) is 26.3 Å². The number of non-ortho nitro benzene ring substituents is 1. The third-order valence-corrected chi connectivity index (χ3v) is 4.16. The first-order valence-corrected chi connectivity index (χ1v) is 9.93. The lowest BCUT2D eigenvalue weighted by atomic mass is 10.1. The molecule has 0 aliphatic carbocycles. The minimum atomic E-state index is -0.428. The van der Waals surface area contributed by atoms with E-state index in [9.17, 15) is 14.9 Å². The van der Waals surface area contributed by atoms with Gasteiger partial charge in [0.15, 0.2) is 6.61 Å². The van der Waals surface area contributed by atoms with Crippen LogP contribution in [0.5, 0.6) is 5.75 Å². The van der Waals surface area contributed by atoms with E-state index in [-0.39, 0.29) is 23.7 Å². The van der Waals surface area contributed by atoms with Crippen molar-refractivity contribution in [1.29, 1.82) is 0 Å². The summed E-state index contributed by atoms with van der Waals surface area (Å²) < 4.78 is 5.68. The van der Waals surface area contributed by atoms with Gasteiger partial charge in [0, 0.05) is 53.6 Å². The average Bonchev–Trinajstić information content (AvgIpc) is 2.66. The maximum atomic E-state index is 12.0. The Bertz CT molecular complexity index is 866. The SMILES string of the molecule is CC(C)(C)NC(=O)COc1ccc(Cl)cc1CNCCNc1ccc([N+](=O)[O-])cc1. The number of nitrogens with zero attached hydrogens (tertiary/aromatic N) is 1. The molecular formula is C21H27ClN4O4. The molecule has 1 amide bonds. The zero-order chi connectivity index (χ0) is 22.1. The minimum absolute atomic E-state index is 0.0587. The highest BCUT2D eigenvalue weighted by Gasteiger charge is 2.15. The van der Waals surface area contributed by atoms with Gasteiger partial charge in [-0.2, -0.15) is 0 Å². The molecule has 3 N–H and O–H groups in total. The van der Waals surface area contributed by atoms with E-state index in [4.69, 9.17) is 16.3 Å². The maximum absolute atomic E-state index is 12.0. The summed E-state index contributed by atoms with van der Waals surface area (Å²) in [7, 11) is 0. The highest BCUT2D eigenvalue weighted by Crippen LogP contribution is 2.23. The highest BCUT2D eigenvalue weighted by molar-refractivity contribution is 6.30. The lowest BCUT2D eigenvalue weighted by Gasteiger charge is -2.21. The molecule has 0 spiro atoms. The second-order valence-electron chi connectivity index (χ2n) is 7.75. The number of carbonyl (C=O) groups excluding carboxylic acids is 1. The Balaban J connectivity index is 1.80. The monoisotopic (exact) mass is 434 g/mol. The summed E-state index contributed by atoms with van der Waals surface area (Å²) >= 11 is 6.10. The molecule has 30 heavy (non-hydrogen) atoms. The van der Waals surface area contributed by atoms with Crippen LogP contribution in [0.15, 0.2) is 42.5 Å². The lowest BCUT2D eigenvalue weighted by molar-refractivity contribution is -0.384. The molecule has 9 heteroatoms. The number of nitro groups is 1. The molecule has 162 valence electrons. The molecule has 0 heterocycles. The van der Waals surface area contributed by atoms with Gasteiger partial charge < -0.3 is 20.7 Å². The van der Waals surface area contributed by atoms with Gasteiger partial charge in [0.25, 0.3) is 11.6 Å². The first-order chi connectivity index (χ1) is 14.1. The first-order valence-electron chi connectivity index (χ1n) is 9.55. The Labute approximate surface area is 181 Å². The first kappa shape index (κ1) is 23.4. The largest absolute Gasteiger partial charge is 0.483 e. The van der Waals surface area contributed by atoms with Gasteiger partial charge in [-0.15, -0.1) is 0 Å². The van der Waals surface area contributed by atoms with E-state index in [1.165, 1.54) is 12.1 Å². The number of anilines is 1.